The van der Waals surface area contributed by atoms with E-state index in [1.165, 1.54) is 25.3 Å². The van der Waals surface area contributed by atoms with Crippen LogP contribution in [0.15, 0.2) is 18.2 Å². The largest absolute Gasteiger partial charge is 0.314 e. The zero-order valence-corrected chi connectivity index (χ0v) is 13.0. The van der Waals surface area contributed by atoms with Gasteiger partial charge in [0.25, 0.3) is 0 Å². The number of halogens is 3. The van der Waals surface area contributed by atoms with Crippen LogP contribution in [0.25, 0.3) is 0 Å². The average Bonchev–Trinajstić information content (AvgIpc) is 2.35. The maximum Gasteiger partial charge on any atom is 0.129 e. The first-order valence-electron chi connectivity index (χ1n) is 7.15. The van der Waals surface area contributed by atoms with Crippen molar-refractivity contribution in [3.05, 3.63) is 34.6 Å². The molecule has 20 heavy (non-hydrogen) atoms. The lowest BCUT2D eigenvalue weighted by Crippen LogP contribution is -2.48. The van der Waals surface area contributed by atoms with Crippen LogP contribution in [-0.2, 0) is 0 Å². The van der Waals surface area contributed by atoms with Crippen molar-refractivity contribution in [2.75, 3.05) is 26.2 Å². The Bertz CT molecular complexity index is 445. The number of hydrogen-bond acceptors (Lipinski definition) is 2. The summed E-state index contributed by atoms with van der Waals surface area (Å²) in [6.45, 7) is 4.00. The average molecular weight is 319 g/mol. The van der Waals surface area contributed by atoms with Gasteiger partial charge in [0.2, 0.25) is 0 Å². The molecule has 1 aromatic carbocycles. The Labute approximate surface area is 131 Å². The van der Waals surface area contributed by atoms with E-state index < -0.39 is 0 Å². The lowest BCUT2D eigenvalue weighted by molar-refractivity contribution is 0.0812. The van der Waals surface area contributed by atoms with E-state index >= 15 is 0 Å². The fourth-order valence-electron chi connectivity index (χ4n) is 3.21. The number of piperazine rings is 1. The Hall–Kier alpha value is -0.350. The third kappa shape index (κ3) is 3.28. The summed E-state index contributed by atoms with van der Waals surface area (Å²) < 4.78 is 14.2. The Morgan fingerprint density at radius 1 is 1.25 bits per heavy atom. The van der Waals surface area contributed by atoms with Crippen LogP contribution in [0.5, 0.6) is 0 Å². The maximum absolute atomic E-state index is 14.2. The SMILES string of the molecule is Cl.Fc1cc(Cl)ccc1[C@@H](C1CCC1)N1CCNCC1. The van der Waals surface area contributed by atoms with E-state index in [9.17, 15) is 4.39 Å². The number of nitrogens with zero attached hydrogens (tertiary/aromatic N) is 1. The van der Waals surface area contributed by atoms with Gasteiger partial charge < -0.3 is 5.32 Å². The predicted molar refractivity (Wildman–Crippen MR) is 83.2 cm³/mol. The standard InChI is InChI=1S/C15H20ClFN2.ClH/c16-12-4-5-13(14(17)10-12)15(11-2-1-3-11)19-8-6-18-7-9-19;/h4-5,10-11,15,18H,1-3,6-9H2;1H/t15-;/m1./s1. The summed E-state index contributed by atoms with van der Waals surface area (Å²) in [5.74, 6) is 0.455. The van der Waals surface area contributed by atoms with Crippen molar-refractivity contribution in [1.82, 2.24) is 10.2 Å². The molecular weight excluding hydrogens is 298 g/mol. The Morgan fingerprint density at radius 3 is 2.50 bits per heavy atom. The lowest BCUT2D eigenvalue weighted by atomic mass is 9.76. The third-order valence-corrected chi connectivity index (χ3v) is 4.66. The van der Waals surface area contributed by atoms with Gasteiger partial charge in [-0.3, -0.25) is 4.90 Å². The molecular formula is C15H21Cl2FN2. The summed E-state index contributed by atoms with van der Waals surface area (Å²) in [7, 11) is 0. The molecule has 3 rings (SSSR count). The molecule has 0 amide bonds. The van der Waals surface area contributed by atoms with Gasteiger partial charge in [-0.1, -0.05) is 24.1 Å². The zero-order chi connectivity index (χ0) is 13.2. The molecule has 1 aromatic rings. The molecule has 0 radical (unpaired) electrons. The zero-order valence-electron chi connectivity index (χ0n) is 11.4. The van der Waals surface area contributed by atoms with Crippen molar-refractivity contribution in [3.8, 4) is 0 Å². The molecule has 1 aliphatic carbocycles. The van der Waals surface area contributed by atoms with Crippen LogP contribution < -0.4 is 5.32 Å². The van der Waals surface area contributed by atoms with Gasteiger partial charge >= 0.3 is 0 Å². The molecule has 0 bridgehead atoms. The van der Waals surface area contributed by atoms with Gasteiger partial charge in [0.1, 0.15) is 5.82 Å². The first-order valence-corrected chi connectivity index (χ1v) is 7.53. The van der Waals surface area contributed by atoms with E-state index in [0.717, 1.165) is 31.7 Å². The van der Waals surface area contributed by atoms with E-state index in [-0.39, 0.29) is 24.3 Å². The highest BCUT2D eigenvalue weighted by Gasteiger charge is 2.34. The van der Waals surface area contributed by atoms with Crippen molar-refractivity contribution < 1.29 is 4.39 Å². The molecule has 112 valence electrons. The maximum atomic E-state index is 14.2. The quantitative estimate of drug-likeness (QED) is 0.915. The number of benzene rings is 1. The van der Waals surface area contributed by atoms with E-state index in [4.69, 9.17) is 11.6 Å². The van der Waals surface area contributed by atoms with E-state index in [2.05, 4.69) is 10.2 Å². The van der Waals surface area contributed by atoms with Crippen LogP contribution in [0.2, 0.25) is 5.02 Å². The summed E-state index contributed by atoms with van der Waals surface area (Å²) in [6, 6.07) is 5.37. The van der Waals surface area contributed by atoms with Crippen LogP contribution in [0, 0.1) is 11.7 Å². The summed E-state index contributed by atoms with van der Waals surface area (Å²) >= 11 is 5.87. The fourth-order valence-corrected chi connectivity index (χ4v) is 3.36. The van der Waals surface area contributed by atoms with E-state index in [1.54, 1.807) is 0 Å². The van der Waals surface area contributed by atoms with Gasteiger partial charge in [-0.25, -0.2) is 4.39 Å². The Balaban J connectivity index is 0.00000147. The van der Waals surface area contributed by atoms with Gasteiger partial charge in [0, 0.05) is 42.8 Å². The van der Waals surface area contributed by atoms with Gasteiger partial charge in [-0.2, -0.15) is 0 Å². The number of nitrogens with one attached hydrogen (secondary N) is 1. The molecule has 2 nitrogen and oxygen atoms in total. The molecule has 1 heterocycles. The second-order valence-corrected chi connectivity index (χ2v) is 6.02. The lowest BCUT2D eigenvalue weighted by Gasteiger charge is -2.43. The van der Waals surface area contributed by atoms with Gasteiger partial charge in [-0.05, 0) is 30.9 Å². The van der Waals surface area contributed by atoms with Crippen LogP contribution in [0.1, 0.15) is 30.9 Å². The molecule has 1 saturated heterocycles. The topological polar surface area (TPSA) is 15.3 Å². The smallest absolute Gasteiger partial charge is 0.129 e. The van der Waals surface area contributed by atoms with E-state index in [0.29, 0.717) is 10.9 Å². The van der Waals surface area contributed by atoms with Crippen molar-refractivity contribution in [3.63, 3.8) is 0 Å². The highest BCUT2D eigenvalue weighted by atomic mass is 35.5. The minimum absolute atomic E-state index is 0. The highest BCUT2D eigenvalue weighted by Crippen LogP contribution is 2.42. The minimum Gasteiger partial charge on any atom is -0.314 e. The molecule has 2 fully saturated rings. The molecule has 2 aliphatic rings. The van der Waals surface area contributed by atoms with Crippen LogP contribution in [0.3, 0.4) is 0 Å². The molecule has 1 aliphatic heterocycles. The molecule has 0 aromatic heterocycles. The molecule has 0 spiro atoms. The third-order valence-electron chi connectivity index (χ3n) is 4.42. The van der Waals surface area contributed by atoms with Crippen molar-refractivity contribution >= 4 is 24.0 Å². The summed E-state index contributed by atoms with van der Waals surface area (Å²) in [4.78, 5) is 2.44. The molecule has 1 saturated carbocycles. The van der Waals surface area contributed by atoms with Crippen LogP contribution in [-0.4, -0.2) is 31.1 Å². The van der Waals surface area contributed by atoms with Gasteiger partial charge in [0.05, 0.1) is 0 Å². The second kappa shape index (κ2) is 7.08. The second-order valence-electron chi connectivity index (χ2n) is 5.59. The first kappa shape index (κ1) is 16.0. The first-order chi connectivity index (χ1) is 9.25. The van der Waals surface area contributed by atoms with Crippen molar-refractivity contribution in [1.29, 1.82) is 0 Å². The number of hydrogen-bond donors (Lipinski definition) is 1. The molecule has 1 atom stereocenters. The summed E-state index contributed by atoms with van der Waals surface area (Å²) in [5.41, 5.74) is 0.830. The summed E-state index contributed by atoms with van der Waals surface area (Å²) in [6.07, 6.45) is 3.72. The van der Waals surface area contributed by atoms with Crippen LogP contribution in [0.4, 0.5) is 4.39 Å². The Kier molecular flexibility index (Phi) is 5.67. The molecule has 1 N–H and O–H groups in total. The van der Waals surface area contributed by atoms with Gasteiger partial charge in [-0.15, -0.1) is 12.4 Å². The molecule has 5 heteroatoms. The van der Waals surface area contributed by atoms with Crippen molar-refractivity contribution in [2.45, 2.75) is 25.3 Å². The minimum atomic E-state index is -0.150. The Morgan fingerprint density at radius 2 is 1.95 bits per heavy atom. The predicted octanol–water partition coefficient (Wildman–Crippen LogP) is 3.65. The monoisotopic (exact) mass is 318 g/mol. The summed E-state index contributed by atoms with van der Waals surface area (Å²) in [5, 5.41) is 3.84. The highest BCUT2D eigenvalue weighted by molar-refractivity contribution is 6.30. The molecule has 0 unspecified atom stereocenters. The fraction of sp³-hybridized carbons (Fsp3) is 0.600. The number of rotatable bonds is 3. The van der Waals surface area contributed by atoms with Crippen LogP contribution >= 0.6 is 24.0 Å². The van der Waals surface area contributed by atoms with Gasteiger partial charge in [0.15, 0.2) is 0 Å². The van der Waals surface area contributed by atoms with Crippen molar-refractivity contribution in [2.24, 2.45) is 5.92 Å². The van der Waals surface area contributed by atoms with E-state index in [1.807, 2.05) is 12.1 Å². The normalized spacial score (nSPS) is 21.9.